The molecule has 1 saturated heterocycles. The summed E-state index contributed by atoms with van der Waals surface area (Å²) in [5, 5.41) is 10.0. The average molecular weight is 312 g/mol. The van der Waals surface area contributed by atoms with E-state index in [0.717, 1.165) is 18.4 Å². The van der Waals surface area contributed by atoms with Crippen molar-refractivity contribution in [2.75, 3.05) is 19.6 Å². The van der Waals surface area contributed by atoms with E-state index >= 15 is 0 Å². The van der Waals surface area contributed by atoms with E-state index in [2.05, 4.69) is 11.6 Å². The van der Waals surface area contributed by atoms with Crippen LogP contribution >= 0.6 is 0 Å². The Balaban J connectivity index is 1.82. The van der Waals surface area contributed by atoms with E-state index in [0.29, 0.717) is 25.4 Å². The third kappa shape index (κ3) is 4.78. The molecule has 6 heteroatoms. The molecule has 118 valence electrons. The Kier molecular flexibility index (Phi) is 5.75. The highest BCUT2D eigenvalue weighted by Crippen LogP contribution is 2.18. The second-order valence-electron chi connectivity index (χ2n) is 5.72. The third-order valence-electron chi connectivity index (χ3n) is 3.85. The van der Waals surface area contributed by atoms with Crippen LogP contribution in [0.25, 0.3) is 0 Å². The molecule has 1 fully saturated rings. The molecule has 0 amide bonds. The highest BCUT2D eigenvalue weighted by molar-refractivity contribution is 7.87. The fourth-order valence-corrected chi connectivity index (χ4v) is 4.00. The second kappa shape index (κ2) is 7.35. The zero-order valence-electron chi connectivity index (χ0n) is 12.4. The highest BCUT2D eigenvalue weighted by Gasteiger charge is 2.26. The van der Waals surface area contributed by atoms with Gasteiger partial charge in [-0.1, -0.05) is 37.3 Å². The van der Waals surface area contributed by atoms with Crippen LogP contribution in [0.5, 0.6) is 0 Å². The maximum absolute atomic E-state index is 12.2. The lowest BCUT2D eigenvalue weighted by Gasteiger charge is -2.30. The van der Waals surface area contributed by atoms with E-state index in [1.807, 2.05) is 30.3 Å². The molecule has 0 spiro atoms. The maximum atomic E-state index is 12.2. The van der Waals surface area contributed by atoms with Gasteiger partial charge >= 0.3 is 0 Å². The molecule has 2 atom stereocenters. The number of nitrogens with one attached hydrogen (secondary N) is 1. The summed E-state index contributed by atoms with van der Waals surface area (Å²) in [5.41, 5.74) is 0.809. The molecule has 1 heterocycles. The first-order valence-electron chi connectivity index (χ1n) is 7.47. The van der Waals surface area contributed by atoms with Gasteiger partial charge in [-0.05, 0) is 30.7 Å². The smallest absolute Gasteiger partial charge is 0.279 e. The summed E-state index contributed by atoms with van der Waals surface area (Å²) in [7, 11) is -3.42. The zero-order chi connectivity index (χ0) is 15.3. The van der Waals surface area contributed by atoms with E-state index in [4.69, 9.17) is 0 Å². The quantitative estimate of drug-likeness (QED) is 0.839. The van der Waals surface area contributed by atoms with Gasteiger partial charge in [0.05, 0.1) is 6.10 Å². The molecule has 1 aromatic rings. The second-order valence-corrected chi connectivity index (χ2v) is 7.48. The lowest BCUT2D eigenvalue weighted by atomic mass is 10.0. The normalized spacial score (nSPS) is 22.1. The fourth-order valence-electron chi connectivity index (χ4n) is 2.62. The summed E-state index contributed by atoms with van der Waals surface area (Å²) >= 11 is 0. The number of piperidine rings is 1. The Labute approximate surface area is 127 Å². The van der Waals surface area contributed by atoms with E-state index in [1.165, 1.54) is 4.31 Å². The number of hydrogen-bond donors (Lipinski definition) is 2. The number of rotatable bonds is 6. The van der Waals surface area contributed by atoms with Gasteiger partial charge in [0.25, 0.3) is 10.2 Å². The molecule has 0 radical (unpaired) electrons. The average Bonchev–Trinajstić information content (AvgIpc) is 2.48. The van der Waals surface area contributed by atoms with Gasteiger partial charge in [-0.2, -0.15) is 12.7 Å². The van der Waals surface area contributed by atoms with Crippen LogP contribution in [0.4, 0.5) is 0 Å². The van der Waals surface area contributed by atoms with Crippen molar-refractivity contribution >= 4 is 10.2 Å². The van der Waals surface area contributed by atoms with E-state index in [9.17, 15) is 13.5 Å². The van der Waals surface area contributed by atoms with Crippen molar-refractivity contribution in [1.29, 1.82) is 0 Å². The van der Waals surface area contributed by atoms with Crippen LogP contribution in [0.1, 0.15) is 37.9 Å². The van der Waals surface area contributed by atoms with Crippen molar-refractivity contribution in [3.05, 3.63) is 35.9 Å². The molecule has 0 aromatic heterocycles. The SMILES string of the molecule is C[C@H]1CCCN(S(=O)(=O)NCC[C@@H](O)c2ccccc2)C1. The molecule has 0 bridgehead atoms. The summed E-state index contributed by atoms with van der Waals surface area (Å²) in [6, 6.07) is 9.28. The molecule has 0 saturated carbocycles. The van der Waals surface area contributed by atoms with Gasteiger partial charge in [-0.15, -0.1) is 0 Å². The Morgan fingerprint density at radius 2 is 2.10 bits per heavy atom. The first-order valence-corrected chi connectivity index (χ1v) is 8.91. The fraction of sp³-hybridized carbons (Fsp3) is 0.600. The molecule has 5 nitrogen and oxygen atoms in total. The van der Waals surface area contributed by atoms with Gasteiger partial charge in [0.15, 0.2) is 0 Å². The molecule has 1 aromatic carbocycles. The summed E-state index contributed by atoms with van der Waals surface area (Å²) in [4.78, 5) is 0. The highest BCUT2D eigenvalue weighted by atomic mass is 32.2. The van der Waals surface area contributed by atoms with Gasteiger partial charge in [-0.3, -0.25) is 0 Å². The minimum absolute atomic E-state index is 0.239. The number of hydrogen-bond acceptors (Lipinski definition) is 3. The number of benzene rings is 1. The number of aliphatic hydroxyl groups is 1. The molecule has 1 aliphatic rings. The Bertz CT molecular complexity index is 533. The van der Waals surface area contributed by atoms with E-state index < -0.39 is 16.3 Å². The van der Waals surface area contributed by atoms with Crippen LogP contribution in [0.2, 0.25) is 0 Å². The lowest BCUT2D eigenvalue weighted by Crippen LogP contribution is -2.45. The molecular weight excluding hydrogens is 288 g/mol. The van der Waals surface area contributed by atoms with Crippen molar-refractivity contribution in [2.24, 2.45) is 5.92 Å². The van der Waals surface area contributed by atoms with Crippen molar-refractivity contribution in [3.8, 4) is 0 Å². The monoisotopic (exact) mass is 312 g/mol. The summed E-state index contributed by atoms with van der Waals surface area (Å²) < 4.78 is 28.5. The predicted octanol–water partition coefficient (Wildman–Crippen LogP) is 1.68. The number of aliphatic hydroxyl groups excluding tert-OH is 1. The van der Waals surface area contributed by atoms with Crippen molar-refractivity contribution < 1.29 is 13.5 Å². The standard InChI is InChI=1S/C15H24N2O3S/c1-13-6-5-11-17(12-13)21(19,20)16-10-9-15(18)14-7-3-2-4-8-14/h2-4,7-8,13,15-16,18H,5-6,9-12H2,1H3/t13-,15+/m0/s1. The summed E-state index contributed by atoms with van der Waals surface area (Å²) in [5.74, 6) is 0.408. The van der Waals surface area contributed by atoms with Crippen LogP contribution in [-0.4, -0.2) is 37.5 Å². The molecule has 2 rings (SSSR count). The Morgan fingerprint density at radius 1 is 1.38 bits per heavy atom. The van der Waals surface area contributed by atoms with Gasteiger partial charge < -0.3 is 5.11 Å². The van der Waals surface area contributed by atoms with Crippen molar-refractivity contribution in [3.63, 3.8) is 0 Å². The Morgan fingerprint density at radius 3 is 2.76 bits per heavy atom. The van der Waals surface area contributed by atoms with Crippen molar-refractivity contribution in [1.82, 2.24) is 9.03 Å². The molecule has 1 aliphatic heterocycles. The van der Waals surface area contributed by atoms with Crippen LogP contribution in [0.3, 0.4) is 0 Å². The largest absolute Gasteiger partial charge is 0.388 e. The van der Waals surface area contributed by atoms with Crippen LogP contribution in [0.15, 0.2) is 30.3 Å². The lowest BCUT2D eigenvalue weighted by molar-refractivity contribution is 0.168. The van der Waals surface area contributed by atoms with Gasteiger partial charge in [-0.25, -0.2) is 4.72 Å². The molecule has 2 N–H and O–H groups in total. The minimum Gasteiger partial charge on any atom is -0.388 e. The van der Waals surface area contributed by atoms with Gasteiger partial charge in [0.2, 0.25) is 0 Å². The number of nitrogens with zero attached hydrogens (tertiary/aromatic N) is 1. The first-order chi connectivity index (χ1) is 9.99. The molecule has 0 aliphatic carbocycles. The van der Waals surface area contributed by atoms with Gasteiger partial charge in [0.1, 0.15) is 0 Å². The van der Waals surface area contributed by atoms with E-state index in [-0.39, 0.29) is 6.54 Å². The predicted molar refractivity (Wildman–Crippen MR) is 82.9 cm³/mol. The molecule has 0 unspecified atom stereocenters. The zero-order valence-corrected chi connectivity index (χ0v) is 13.2. The summed E-state index contributed by atoms with van der Waals surface area (Å²) in [6.07, 6.45) is 1.72. The summed E-state index contributed by atoms with van der Waals surface area (Å²) in [6.45, 7) is 3.47. The Hall–Kier alpha value is -0.950. The van der Waals surface area contributed by atoms with Crippen molar-refractivity contribution in [2.45, 2.75) is 32.3 Å². The van der Waals surface area contributed by atoms with Crippen LogP contribution < -0.4 is 4.72 Å². The molecule has 21 heavy (non-hydrogen) atoms. The third-order valence-corrected chi connectivity index (χ3v) is 5.43. The minimum atomic E-state index is -3.42. The molecular formula is C15H24N2O3S. The topological polar surface area (TPSA) is 69.6 Å². The van der Waals surface area contributed by atoms with Crippen LogP contribution in [-0.2, 0) is 10.2 Å². The van der Waals surface area contributed by atoms with Gasteiger partial charge in [0, 0.05) is 19.6 Å². The van der Waals surface area contributed by atoms with Crippen LogP contribution in [0, 0.1) is 5.92 Å². The maximum Gasteiger partial charge on any atom is 0.279 e. The van der Waals surface area contributed by atoms with E-state index in [1.54, 1.807) is 0 Å². The first kappa shape index (κ1) is 16.4.